The van der Waals surface area contributed by atoms with E-state index in [0.717, 1.165) is 6.08 Å². The van der Waals surface area contributed by atoms with E-state index in [1.165, 1.54) is 12.4 Å². The summed E-state index contributed by atoms with van der Waals surface area (Å²) in [7, 11) is 0. The first kappa shape index (κ1) is 11.0. The number of ketones is 1. The highest BCUT2D eigenvalue weighted by atomic mass is 16.3. The van der Waals surface area contributed by atoms with Gasteiger partial charge in [0, 0.05) is 12.4 Å². The van der Waals surface area contributed by atoms with Gasteiger partial charge in [-0.15, -0.1) is 0 Å². The van der Waals surface area contributed by atoms with E-state index >= 15 is 0 Å². The molecule has 4 nitrogen and oxygen atoms in total. The minimum atomic E-state index is -0.416. The van der Waals surface area contributed by atoms with Crippen LogP contribution in [0.5, 0.6) is 0 Å². The third kappa shape index (κ3) is 2.75. The number of nitrogens with zero attached hydrogens (tertiary/aromatic N) is 2. The molecule has 0 unspecified atom stereocenters. The second-order valence-corrected chi connectivity index (χ2v) is 3.30. The van der Waals surface area contributed by atoms with Gasteiger partial charge in [0.25, 0.3) is 0 Å². The number of hydrogen-bond acceptors (Lipinski definition) is 4. The molecule has 0 atom stereocenters. The first-order valence-corrected chi connectivity index (χ1v) is 5.03. The maximum absolute atomic E-state index is 11.7. The van der Waals surface area contributed by atoms with Crippen LogP contribution in [0.15, 0.2) is 54.9 Å². The predicted molar refractivity (Wildman–Crippen MR) is 60.8 cm³/mol. The summed E-state index contributed by atoms with van der Waals surface area (Å²) < 4.78 is 0. The molecule has 0 saturated heterocycles. The molecule has 0 N–H and O–H groups in total. The molecule has 0 aliphatic rings. The molecular formula is C13H9N2O2-. The molecule has 0 aliphatic heterocycles. The van der Waals surface area contributed by atoms with E-state index in [1.54, 1.807) is 36.4 Å². The van der Waals surface area contributed by atoms with Crippen LogP contribution in [0.3, 0.4) is 0 Å². The highest BCUT2D eigenvalue weighted by Crippen LogP contribution is 2.06. The lowest BCUT2D eigenvalue weighted by molar-refractivity contribution is -0.244. The Morgan fingerprint density at radius 3 is 2.12 bits per heavy atom. The maximum atomic E-state index is 11.7. The molecule has 84 valence electrons. The van der Waals surface area contributed by atoms with Gasteiger partial charge in [0.2, 0.25) is 5.78 Å². The van der Waals surface area contributed by atoms with Crippen LogP contribution in [0.1, 0.15) is 16.2 Å². The molecule has 0 saturated carbocycles. The summed E-state index contributed by atoms with van der Waals surface area (Å²) in [6, 6.07) is 9.92. The van der Waals surface area contributed by atoms with Crippen molar-refractivity contribution in [3.05, 3.63) is 66.3 Å². The molecule has 0 bridgehead atoms. The largest absolute Gasteiger partial charge is 0.871 e. The van der Waals surface area contributed by atoms with Gasteiger partial charge in [-0.1, -0.05) is 17.9 Å². The molecule has 0 fully saturated rings. The van der Waals surface area contributed by atoms with Crippen LogP contribution in [0.2, 0.25) is 0 Å². The van der Waals surface area contributed by atoms with Crippen LogP contribution in [0.4, 0.5) is 0 Å². The standard InChI is InChI=1S/C13H10N2O2/c16-12(10-5-1-3-7-14-10)9-13(17)11-6-2-4-8-15-11/h1-9,16H/p-1/b12-9-. The molecular weight excluding hydrogens is 216 g/mol. The molecule has 17 heavy (non-hydrogen) atoms. The second-order valence-electron chi connectivity index (χ2n) is 3.30. The van der Waals surface area contributed by atoms with Crippen LogP contribution in [-0.4, -0.2) is 15.8 Å². The minimum absolute atomic E-state index is 0.247. The molecule has 2 aromatic rings. The van der Waals surface area contributed by atoms with Crippen molar-refractivity contribution in [1.29, 1.82) is 0 Å². The number of rotatable bonds is 3. The highest BCUT2D eigenvalue weighted by Gasteiger charge is 2.02. The first-order valence-electron chi connectivity index (χ1n) is 5.03. The van der Waals surface area contributed by atoms with Gasteiger partial charge in [0.05, 0.1) is 5.69 Å². The molecule has 0 amide bonds. The zero-order valence-electron chi connectivity index (χ0n) is 8.91. The van der Waals surface area contributed by atoms with Crippen LogP contribution in [-0.2, 0) is 0 Å². The molecule has 4 heteroatoms. The molecule has 2 rings (SSSR count). The third-order valence-electron chi connectivity index (χ3n) is 2.10. The van der Waals surface area contributed by atoms with Crippen molar-refractivity contribution in [3.8, 4) is 0 Å². The zero-order chi connectivity index (χ0) is 12.1. The van der Waals surface area contributed by atoms with Crippen molar-refractivity contribution in [3.63, 3.8) is 0 Å². The van der Waals surface area contributed by atoms with Crippen molar-refractivity contribution in [1.82, 2.24) is 9.97 Å². The summed E-state index contributed by atoms with van der Waals surface area (Å²) in [6.45, 7) is 0. The van der Waals surface area contributed by atoms with Crippen molar-refractivity contribution >= 4 is 11.5 Å². The highest BCUT2D eigenvalue weighted by molar-refractivity contribution is 6.06. The van der Waals surface area contributed by atoms with Gasteiger partial charge in [0.1, 0.15) is 5.69 Å². The van der Waals surface area contributed by atoms with E-state index in [1.807, 2.05) is 0 Å². The summed E-state index contributed by atoms with van der Waals surface area (Å²) in [5, 5.41) is 11.7. The molecule has 0 spiro atoms. The van der Waals surface area contributed by atoms with E-state index < -0.39 is 11.5 Å². The fourth-order valence-electron chi connectivity index (χ4n) is 1.28. The van der Waals surface area contributed by atoms with E-state index in [9.17, 15) is 9.90 Å². The average molecular weight is 225 g/mol. The summed E-state index contributed by atoms with van der Waals surface area (Å²) in [4.78, 5) is 19.4. The van der Waals surface area contributed by atoms with Gasteiger partial charge < -0.3 is 5.11 Å². The van der Waals surface area contributed by atoms with E-state index in [0.29, 0.717) is 0 Å². The number of allylic oxidation sites excluding steroid dienone is 1. The van der Waals surface area contributed by atoms with Crippen LogP contribution < -0.4 is 5.11 Å². The number of hydrogen-bond donors (Lipinski definition) is 0. The Labute approximate surface area is 98.3 Å². The Kier molecular flexibility index (Phi) is 3.25. The number of aromatic nitrogens is 2. The lowest BCUT2D eigenvalue weighted by Gasteiger charge is -2.09. The molecule has 0 aromatic carbocycles. The monoisotopic (exact) mass is 225 g/mol. The molecule has 2 heterocycles. The summed E-state index contributed by atoms with van der Waals surface area (Å²) >= 11 is 0. The van der Waals surface area contributed by atoms with Crippen molar-refractivity contribution in [2.45, 2.75) is 0 Å². The van der Waals surface area contributed by atoms with Gasteiger partial charge in [-0.3, -0.25) is 14.8 Å². The Morgan fingerprint density at radius 1 is 1.00 bits per heavy atom. The van der Waals surface area contributed by atoms with Crippen molar-refractivity contribution < 1.29 is 9.90 Å². The minimum Gasteiger partial charge on any atom is -0.871 e. The Hall–Kier alpha value is -2.49. The Balaban J connectivity index is 2.24. The lowest BCUT2D eigenvalue weighted by Crippen LogP contribution is -2.08. The van der Waals surface area contributed by atoms with E-state index in [-0.39, 0.29) is 11.4 Å². The van der Waals surface area contributed by atoms with Gasteiger partial charge in [-0.25, -0.2) is 0 Å². The average Bonchev–Trinajstić information content (AvgIpc) is 2.40. The molecule has 2 aromatic heterocycles. The summed E-state index contributed by atoms with van der Waals surface area (Å²) in [6.07, 6.45) is 4.02. The van der Waals surface area contributed by atoms with Crippen molar-refractivity contribution in [2.75, 3.05) is 0 Å². The van der Waals surface area contributed by atoms with Gasteiger partial charge in [0.15, 0.2) is 0 Å². The maximum Gasteiger partial charge on any atom is 0.203 e. The quantitative estimate of drug-likeness (QED) is 0.445. The molecule has 0 radical (unpaired) electrons. The second kappa shape index (κ2) is 5.03. The van der Waals surface area contributed by atoms with E-state index in [2.05, 4.69) is 9.97 Å². The lowest BCUT2D eigenvalue weighted by atomic mass is 10.2. The third-order valence-corrected chi connectivity index (χ3v) is 2.10. The van der Waals surface area contributed by atoms with Crippen molar-refractivity contribution in [2.24, 2.45) is 0 Å². The number of carbonyl (C=O) groups is 1. The van der Waals surface area contributed by atoms with Crippen LogP contribution >= 0.6 is 0 Å². The van der Waals surface area contributed by atoms with Crippen LogP contribution in [0, 0.1) is 0 Å². The SMILES string of the molecule is O=C(/C=C(\[O-])c1ccccn1)c1ccccn1. The topological polar surface area (TPSA) is 65.9 Å². The number of carbonyl (C=O) groups excluding carboxylic acids is 1. The fraction of sp³-hybridized carbons (Fsp3) is 0. The normalized spacial score (nSPS) is 11.2. The zero-order valence-corrected chi connectivity index (χ0v) is 8.91. The smallest absolute Gasteiger partial charge is 0.203 e. The van der Waals surface area contributed by atoms with E-state index in [4.69, 9.17) is 0 Å². The van der Waals surface area contributed by atoms with Gasteiger partial charge >= 0.3 is 0 Å². The fourth-order valence-corrected chi connectivity index (χ4v) is 1.28. The first-order chi connectivity index (χ1) is 8.27. The van der Waals surface area contributed by atoms with Gasteiger partial charge in [-0.2, -0.15) is 0 Å². The summed E-state index contributed by atoms with van der Waals surface area (Å²) in [5.74, 6) is -0.831. The predicted octanol–water partition coefficient (Wildman–Crippen LogP) is 1.06. The Morgan fingerprint density at radius 2 is 1.59 bits per heavy atom. The van der Waals surface area contributed by atoms with Crippen LogP contribution in [0.25, 0.3) is 5.76 Å². The summed E-state index contributed by atoms with van der Waals surface area (Å²) in [5.41, 5.74) is 0.494. The molecule has 0 aliphatic carbocycles. The Bertz CT molecular complexity index is 536. The number of pyridine rings is 2. The van der Waals surface area contributed by atoms with Gasteiger partial charge in [-0.05, 0) is 30.3 Å².